The molecule has 3 heteroatoms. The summed E-state index contributed by atoms with van der Waals surface area (Å²) in [4.78, 5) is 0. The van der Waals surface area contributed by atoms with E-state index in [1.165, 1.54) is 0 Å². The van der Waals surface area contributed by atoms with Gasteiger partial charge in [0.2, 0.25) is 0 Å². The van der Waals surface area contributed by atoms with Crippen LogP contribution in [-0.4, -0.2) is 24.3 Å². The van der Waals surface area contributed by atoms with E-state index in [-0.39, 0.29) is 5.79 Å². The monoisotopic (exact) mass is 258 g/mol. The smallest absolute Gasteiger partial charge is 0.175 e. The van der Waals surface area contributed by atoms with Crippen LogP contribution in [0.2, 0.25) is 0 Å². The predicted octanol–water partition coefficient (Wildman–Crippen LogP) is 2.34. The SMILES string of the molecule is BrCC[C@H]1[C@H]2C=CC[C@H]2C12OCCO2. The number of hydrogen-bond acceptors (Lipinski definition) is 2. The van der Waals surface area contributed by atoms with Crippen LogP contribution in [0.25, 0.3) is 0 Å². The van der Waals surface area contributed by atoms with Crippen molar-refractivity contribution in [2.24, 2.45) is 17.8 Å². The number of hydrogen-bond donors (Lipinski definition) is 0. The number of halogens is 1. The lowest BCUT2D eigenvalue weighted by Gasteiger charge is -2.55. The summed E-state index contributed by atoms with van der Waals surface area (Å²) in [7, 11) is 0. The molecule has 0 aromatic carbocycles. The van der Waals surface area contributed by atoms with Crippen LogP contribution >= 0.6 is 15.9 Å². The van der Waals surface area contributed by atoms with Gasteiger partial charge in [-0.05, 0) is 18.8 Å². The number of rotatable bonds is 2. The molecular formula is C11H15BrO2. The van der Waals surface area contributed by atoms with Crippen molar-refractivity contribution in [2.75, 3.05) is 18.5 Å². The van der Waals surface area contributed by atoms with Gasteiger partial charge >= 0.3 is 0 Å². The van der Waals surface area contributed by atoms with Crippen molar-refractivity contribution in [2.45, 2.75) is 18.6 Å². The fraction of sp³-hybridized carbons (Fsp3) is 0.818. The quantitative estimate of drug-likeness (QED) is 0.559. The zero-order chi connectivity index (χ0) is 9.60. The van der Waals surface area contributed by atoms with E-state index in [0.29, 0.717) is 17.8 Å². The molecule has 1 aliphatic heterocycles. The van der Waals surface area contributed by atoms with Gasteiger partial charge in [0.05, 0.1) is 13.2 Å². The summed E-state index contributed by atoms with van der Waals surface area (Å²) >= 11 is 3.52. The van der Waals surface area contributed by atoms with Crippen molar-refractivity contribution in [3.05, 3.63) is 12.2 Å². The van der Waals surface area contributed by atoms with Gasteiger partial charge in [-0.15, -0.1) is 0 Å². The Labute approximate surface area is 92.8 Å². The molecule has 3 rings (SSSR count). The van der Waals surface area contributed by atoms with Gasteiger partial charge in [0.1, 0.15) is 0 Å². The highest BCUT2D eigenvalue weighted by atomic mass is 79.9. The number of fused-ring (bicyclic) bond motifs is 2. The first-order chi connectivity index (χ1) is 6.88. The molecule has 0 radical (unpaired) electrons. The van der Waals surface area contributed by atoms with E-state index in [9.17, 15) is 0 Å². The molecule has 2 fully saturated rings. The first-order valence-corrected chi connectivity index (χ1v) is 6.51. The number of alkyl halides is 1. The van der Waals surface area contributed by atoms with Crippen LogP contribution in [0.1, 0.15) is 12.8 Å². The molecule has 1 saturated carbocycles. The summed E-state index contributed by atoms with van der Waals surface area (Å²) in [6, 6.07) is 0. The van der Waals surface area contributed by atoms with Gasteiger partial charge in [-0.2, -0.15) is 0 Å². The molecule has 0 aromatic heterocycles. The molecule has 0 N–H and O–H groups in total. The molecule has 0 aromatic rings. The highest BCUT2D eigenvalue weighted by Gasteiger charge is 2.65. The maximum Gasteiger partial charge on any atom is 0.175 e. The van der Waals surface area contributed by atoms with Crippen molar-refractivity contribution in [1.82, 2.24) is 0 Å². The number of allylic oxidation sites excluding steroid dienone is 2. The molecule has 3 atom stereocenters. The second kappa shape index (κ2) is 3.32. The van der Waals surface area contributed by atoms with E-state index in [1.807, 2.05) is 0 Å². The zero-order valence-corrected chi connectivity index (χ0v) is 9.70. The van der Waals surface area contributed by atoms with Crippen LogP contribution in [0.15, 0.2) is 12.2 Å². The van der Waals surface area contributed by atoms with E-state index in [4.69, 9.17) is 9.47 Å². The third-order valence-electron chi connectivity index (χ3n) is 3.87. The molecule has 3 aliphatic rings. The van der Waals surface area contributed by atoms with Crippen LogP contribution in [-0.2, 0) is 9.47 Å². The van der Waals surface area contributed by atoms with Crippen LogP contribution in [0.3, 0.4) is 0 Å². The van der Waals surface area contributed by atoms with Gasteiger partial charge in [-0.1, -0.05) is 28.1 Å². The van der Waals surface area contributed by atoms with E-state index < -0.39 is 0 Å². The zero-order valence-electron chi connectivity index (χ0n) is 8.12. The van der Waals surface area contributed by atoms with E-state index in [0.717, 1.165) is 31.4 Å². The highest BCUT2D eigenvalue weighted by Crippen LogP contribution is 2.60. The molecule has 2 aliphatic carbocycles. The average Bonchev–Trinajstić information content (AvgIpc) is 2.82. The Balaban J connectivity index is 1.82. The summed E-state index contributed by atoms with van der Waals surface area (Å²) in [6.07, 6.45) is 6.94. The van der Waals surface area contributed by atoms with E-state index in [2.05, 4.69) is 28.1 Å². The second-order valence-electron chi connectivity index (χ2n) is 4.35. The molecule has 1 spiro atoms. The van der Waals surface area contributed by atoms with Gasteiger partial charge in [0.25, 0.3) is 0 Å². The van der Waals surface area contributed by atoms with Gasteiger partial charge in [-0.25, -0.2) is 0 Å². The summed E-state index contributed by atoms with van der Waals surface area (Å²) in [6.45, 7) is 1.56. The first-order valence-electron chi connectivity index (χ1n) is 5.39. The van der Waals surface area contributed by atoms with Crippen LogP contribution in [0.4, 0.5) is 0 Å². The minimum atomic E-state index is -0.206. The Bertz CT molecular complexity index is 258. The van der Waals surface area contributed by atoms with Crippen LogP contribution < -0.4 is 0 Å². The lowest BCUT2D eigenvalue weighted by Crippen LogP contribution is -2.61. The Morgan fingerprint density at radius 2 is 2.14 bits per heavy atom. The van der Waals surface area contributed by atoms with E-state index >= 15 is 0 Å². The van der Waals surface area contributed by atoms with Crippen molar-refractivity contribution in [3.63, 3.8) is 0 Å². The lowest BCUT2D eigenvalue weighted by molar-refractivity contribution is -0.306. The molecule has 0 bridgehead atoms. The normalized spacial score (nSPS) is 42.8. The minimum Gasteiger partial charge on any atom is -0.347 e. The maximum atomic E-state index is 5.87. The average molecular weight is 259 g/mol. The summed E-state index contributed by atoms with van der Waals surface area (Å²) in [5.41, 5.74) is 0. The Morgan fingerprint density at radius 3 is 2.86 bits per heavy atom. The van der Waals surface area contributed by atoms with Crippen LogP contribution in [0, 0.1) is 17.8 Å². The fourth-order valence-corrected chi connectivity index (χ4v) is 3.82. The molecule has 1 heterocycles. The van der Waals surface area contributed by atoms with Crippen molar-refractivity contribution in [3.8, 4) is 0 Å². The Kier molecular flexibility index (Phi) is 2.22. The summed E-state index contributed by atoms with van der Waals surface area (Å²) < 4.78 is 11.7. The molecule has 2 nitrogen and oxygen atoms in total. The molecule has 1 saturated heterocycles. The third kappa shape index (κ3) is 1.04. The van der Waals surface area contributed by atoms with Gasteiger partial charge in [0.15, 0.2) is 5.79 Å². The Morgan fingerprint density at radius 1 is 1.36 bits per heavy atom. The van der Waals surface area contributed by atoms with E-state index in [1.54, 1.807) is 0 Å². The minimum absolute atomic E-state index is 0.206. The van der Waals surface area contributed by atoms with Crippen molar-refractivity contribution in [1.29, 1.82) is 0 Å². The summed E-state index contributed by atoms with van der Waals surface area (Å²) in [5.74, 6) is 1.69. The highest BCUT2D eigenvalue weighted by molar-refractivity contribution is 9.09. The Hall–Kier alpha value is 0.140. The third-order valence-corrected chi connectivity index (χ3v) is 4.33. The molecule has 0 amide bonds. The first kappa shape index (κ1) is 9.37. The van der Waals surface area contributed by atoms with Crippen LogP contribution in [0.5, 0.6) is 0 Å². The molecule has 14 heavy (non-hydrogen) atoms. The largest absolute Gasteiger partial charge is 0.347 e. The van der Waals surface area contributed by atoms with Crippen molar-refractivity contribution >= 4 is 15.9 Å². The van der Waals surface area contributed by atoms with Crippen molar-refractivity contribution < 1.29 is 9.47 Å². The number of ether oxygens (including phenoxy) is 2. The fourth-order valence-electron chi connectivity index (χ4n) is 3.33. The van der Waals surface area contributed by atoms with Gasteiger partial charge < -0.3 is 9.47 Å². The molecular weight excluding hydrogens is 244 g/mol. The van der Waals surface area contributed by atoms with Gasteiger partial charge in [0, 0.05) is 17.2 Å². The van der Waals surface area contributed by atoms with Gasteiger partial charge in [-0.3, -0.25) is 0 Å². The standard InChI is InChI=1S/C11H15BrO2/c12-5-4-10-8-2-1-3-9(8)11(10)13-6-7-14-11/h1-2,8-10H,3-7H2/t8-,9+,10-/m0/s1. The molecule has 78 valence electrons. The predicted molar refractivity (Wildman–Crippen MR) is 57.3 cm³/mol. The lowest BCUT2D eigenvalue weighted by atomic mass is 9.60. The maximum absolute atomic E-state index is 5.87. The second-order valence-corrected chi connectivity index (χ2v) is 5.14. The topological polar surface area (TPSA) is 18.5 Å². The molecule has 0 unspecified atom stereocenters. The summed E-state index contributed by atoms with van der Waals surface area (Å²) in [5, 5.41) is 1.04.